The van der Waals surface area contributed by atoms with Gasteiger partial charge in [-0.2, -0.15) is 14.7 Å². The zero-order valence-electron chi connectivity index (χ0n) is 20.2. The average Bonchev–Trinajstić information content (AvgIpc) is 3.50. The highest BCUT2D eigenvalue weighted by molar-refractivity contribution is 7.89. The molecule has 2 aromatic rings. The maximum atomic E-state index is 13.6. The molecule has 36 heavy (non-hydrogen) atoms. The van der Waals surface area contributed by atoms with Crippen LogP contribution in [-0.4, -0.2) is 35.6 Å². The number of aryl methyl sites for hydroxylation is 2. The third-order valence-electron chi connectivity index (χ3n) is 7.16. The summed E-state index contributed by atoms with van der Waals surface area (Å²) in [4.78, 5) is -0.0503. The zero-order valence-corrected chi connectivity index (χ0v) is 21.7. The molecule has 1 aromatic carbocycles. The number of halogens is 2. The molecule has 2 aliphatic carbocycles. The minimum Gasteiger partial charge on any atom is -0.301 e. The van der Waals surface area contributed by atoms with Crippen LogP contribution in [0.4, 0.5) is 10.1 Å². The molecule has 0 spiro atoms. The number of nitriles is 1. The van der Waals surface area contributed by atoms with Crippen molar-refractivity contribution in [3.8, 4) is 6.07 Å². The van der Waals surface area contributed by atoms with Crippen molar-refractivity contribution < 1.29 is 12.8 Å². The van der Waals surface area contributed by atoms with Crippen molar-refractivity contribution in [2.75, 3.05) is 18.1 Å². The summed E-state index contributed by atoms with van der Waals surface area (Å²) in [6.45, 7) is 3.63. The van der Waals surface area contributed by atoms with Gasteiger partial charge in [0.1, 0.15) is 22.4 Å². The van der Waals surface area contributed by atoms with Gasteiger partial charge in [-0.1, -0.05) is 24.1 Å². The van der Waals surface area contributed by atoms with Crippen LogP contribution in [0.3, 0.4) is 0 Å². The number of fused-ring (bicyclic) bond motifs is 1. The monoisotopic (exact) mass is 528 g/mol. The summed E-state index contributed by atoms with van der Waals surface area (Å²) in [7, 11) is -2.43. The van der Waals surface area contributed by atoms with Gasteiger partial charge in [0.2, 0.25) is 10.0 Å². The van der Waals surface area contributed by atoms with E-state index in [1.54, 1.807) is 26.1 Å². The molecule has 0 amide bonds. The Labute approximate surface area is 215 Å². The number of nitrogens with one attached hydrogen (secondary N) is 1. The maximum absolute atomic E-state index is 13.6. The van der Waals surface area contributed by atoms with Crippen LogP contribution in [0.5, 0.6) is 0 Å². The predicted molar refractivity (Wildman–Crippen MR) is 134 cm³/mol. The van der Waals surface area contributed by atoms with Gasteiger partial charge >= 0.3 is 0 Å². The van der Waals surface area contributed by atoms with Gasteiger partial charge in [0.15, 0.2) is 0 Å². The lowest BCUT2D eigenvalue weighted by Gasteiger charge is -2.31. The zero-order chi connectivity index (χ0) is 25.8. The van der Waals surface area contributed by atoms with Crippen molar-refractivity contribution in [1.29, 1.82) is 5.26 Å². The second-order valence-corrected chi connectivity index (χ2v) is 11.5. The quantitative estimate of drug-likeness (QED) is 0.565. The maximum Gasteiger partial charge on any atom is 0.248 e. The Morgan fingerprint density at radius 3 is 2.69 bits per heavy atom. The molecule has 1 N–H and O–H groups in total. The van der Waals surface area contributed by atoms with Gasteiger partial charge in [-0.3, -0.25) is 9.69 Å². The van der Waals surface area contributed by atoms with Gasteiger partial charge in [-0.15, -0.1) is 0 Å². The van der Waals surface area contributed by atoms with Crippen molar-refractivity contribution in [2.24, 2.45) is 18.9 Å². The van der Waals surface area contributed by atoms with E-state index in [1.165, 1.54) is 32.3 Å². The van der Waals surface area contributed by atoms with Crippen LogP contribution in [0, 0.1) is 35.9 Å². The molecule has 1 aliphatic heterocycles. The number of sulfonamides is 1. The molecule has 11 heteroatoms. The normalized spacial score (nSPS) is 21.2. The van der Waals surface area contributed by atoms with E-state index < -0.39 is 10.0 Å². The summed E-state index contributed by atoms with van der Waals surface area (Å²) < 4.78 is 43.1. The summed E-state index contributed by atoms with van der Waals surface area (Å²) in [6, 6.07) is 8.31. The third-order valence-corrected chi connectivity index (χ3v) is 9.66. The molecule has 8 nitrogen and oxygen atoms in total. The molecule has 0 fully saturated rings. The molecule has 2 atom stereocenters. The Balaban J connectivity index is 1.46. The van der Waals surface area contributed by atoms with E-state index in [1.807, 2.05) is 17.3 Å². The second kappa shape index (κ2) is 9.07. The predicted octanol–water partition coefficient (Wildman–Crippen LogP) is 4.18. The van der Waals surface area contributed by atoms with Crippen molar-refractivity contribution >= 4 is 27.3 Å². The molecule has 5 rings (SSSR count). The SMILES string of the molecule is Cc1nn(C)c(Cl)c1S(=O)(=O)N(CC#N)C[C@H]1CCC2=C1[C@@H](C)C1=CNN(c3ccc(F)cc3)C1=C2. The Morgan fingerprint density at radius 2 is 2.06 bits per heavy atom. The third kappa shape index (κ3) is 3.92. The van der Waals surface area contributed by atoms with Crippen LogP contribution < -0.4 is 10.4 Å². The number of hydrogen-bond acceptors (Lipinski definition) is 6. The van der Waals surface area contributed by atoms with Crippen LogP contribution in [0.1, 0.15) is 25.5 Å². The molecule has 0 unspecified atom stereocenters. The first-order valence-corrected chi connectivity index (χ1v) is 13.5. The molecular formula is C25H26ClFN6O2S. The van der Waals surface area contributed by atoms with E-state index in [2.05, 4.69) is 23.5 Å². The van der Waals surface area contributed by atoms with Crippen LogP contribution in [0.15, 0.2) is 63.9 Å². The molecule has 3 aliphatic rings. The van der Waals surface area contributed by atoms with Gasteiger partial charge < -0.3 is 5.43 Å². The van der Waals surface area contributed by atoms with Crippen molar-refractivity contribution in [3.63, 3.8) is 0 Å². The number of hydrazine groups is 1. The van der Waals surface area contributed by atoms with Crippen molar-refractivity contribution in [2.45, 2.75) is 31.6 Å². The standard InChI is InChI=1S/C25H26ClFN6O2S/c1-15-21-13-29-33(20-8-6-19(27)7-9-20)22(21)12-17-4-5-18(23(15)17)14-32(11-10-28)36(34,35)24-16(2)30-31(3)25(24)26/h6-9,12-13,15,18,29H,4-5,11,14H2,1-3H3/t15-,18+/m0/s1. The molecule has 0 bridgehead atoms. The summed E-state index contributed by atoms with van der Waals surface area (Å²) in [6.07, 6.45) is 5.68. The lowest BCUT2D eigenvalue weighted by Crippen LogP contribution is -2.37. The number of allylic oxidation sites excluding steroid dienone is 3. The fourth-order valence-electron chi connectivity index (χ4n) is 5.51. The van der Waals surface area contributed by atoms with E-state index in [0.717, 1.165) is 29.8 Å². The van der Waals surface area contributed by atoms with E-state index in [4.69, 9.17) is 11.6 Å². The van der Waals surface area contributed by atoms with Gasteiger partial charge in [0, 0.05) is 31.3 Å². The lowest BCUT2D eigenvalue weighted by molar-refractivity contribution is 0.380. The molecule has 188 valence electrons. The number of nitrogens with zero attached hydrogens (tertiary/aromatic N) is 5. The number of hydrogen-bond donors (Lipinski definition) is 1. The Kier molecular flexibility index (Phi) is 6.19. The smallest absolute Gasteiger partial charge is 0.248 e. The number of anilines is 1. The first-order chi connectivity index (χ1) is 17.1. The first-order valence-electron chi connectivity index (χ1n) is 11.7. The van der Waals surface area contributed by atoms with Gasteiger partial charge in [-0.25, -0.2) is 12.8 Å². The van der Waals surface area contributed by atoms with Gasteiger partial charge in [-0.05, 0) is 61.6 Å². The summed E-state index contributed by atoms with van der Waals surface area (Å²) in [5.74, 6) is -0.270. The van der Waals surface area contributed by atoms with E-state index in [9.17, 15) is 18.1 Å². The summed E-state index contributed by atoms with van der Waals surface area (Å²) in [5, 5.41) is 15.6. The molecule has 1 aromatic heterocycles. The number of aromatic nitrogens is 2. The van der Waals surface area contributed by atoms with E-state index in [0.29, 0.717) is 5.69 Å². The number of rotatable bonds is 6. The highest BCUT2D eigenvalue weighted by Gasteiger charge is 2.40. The summed E-state index contributed by atoms with van der Waals surface area (Å²) >= 11 is 6.28. The molecule has 0 radical (unpaired) electrons. The minimum atomic E-state index is -4.02. The van der Waals surface area contributed by atoms with Crippen LogP contribution in [0.2, 0.25) is 5.15 Å². The highest BCUT2D eigenvalue weighted by Crippen LogP contribution is 2.48. The van der Waals surface area contributed by atoms with E-state index in [-0.39, 0.29) is 40.8 Å². The summed E-state index contributed by atoms with van der Waals surface area (Å²) in [5.41, 5.74) is 8.87. The highest BCUT2D eigenvalue weighted by atomic mass is 35.5. The first kappa shape index (κ1) is 24.6. The Hall–Kier alpha value is -3.13. The molecular weight excluding hydrogens is 503 g/mol. The molecule has 2 heterocycles. The van der Waals surface area contributed by atoms with Gasteiger partial charge in [0.05, 0.1) is 23.1 Å². The Morgan fingerprint density at radius 1 is 1.33 bits per heavy atom. The fraction of sp³-hybridized carbons (Fsp3) is 0.360. The Bertz CT molecular complexity index is 1470. The van der Waals surface area contributed by atoms with Crippen LogP contribution in [-0.2, 0) is 17.1 Å². The second-order valence-electron chi connectivity index (χ2n) is 9.29. The largest absolute Gasteiger partial charge is 0.301 e. The molecule has 0 saturated heterocycles. The number of benzene rings is 1. The van der Waals surface area contributed by atoms with Crippen molar-refractivity contribution in [3.05, 3.63) is 75.6 Å². The van der Waals surface area contributed by atoms with Gasteiger partial charge in [0.25, 0.3) is 0 Å². The fourth-order valence-corrected chi connectivity index (χ4v) is 7.60. The lowest BCUT2D eigenvalue weighted by atomic mass is 9.80. The van der Waals surface area contributed by atoms with Crippen LogP contribution in [0.25, 0.3) is 0 Å². The average molecular weight is 529 g/mol. The van der Waals surface area contributed by atoms with Crippen molar-refractivity contribution in [1.82, 2.24) is 19.5 Å². The minimum absolute atomic E-state index is 0.0310. The van der Waals surface area contributed by atoms with E-state index >= 15 is 0 Å². The topological polar surface area (TPSA) is 94.3 Å². The molecule has 0 saturated carbocycles. The van der Waals surface area contributed by atoms with Crippen LogP contribution >= 0.6 is 11.6 Å².